The van der Waals surface area contributed by atoms with E-state index in [9.17, 15) is 29.1 Å². The number of nitrogens with one attached hydrogen (secondary N) is 2. The van der Waals surface area contributed by atoms with Crippen LogP contribution in [-0.4, -0.2) is 82.6 Å². The molecule has 1 heterocycles. The highest BCUT2D eigenvalue weighted by molar-refractivity contribution is 6.35. The quantitative estimate of drug-likeness (QED) is 0.312. The van der Waals surface area contributed by atoms with Gasteiger partial charge in [0.1, 0.15) is 12.1 Å². The van der Waals surface area contributed by atoms with E-state index >= 15 is 0 Å². The maximum atomic E-state index is 14.1. The van der Waals surface area contributed by atoms with Crippen molar-refractivity contribution in [1.29, 1.82) is 0 Å². The van der Waals surface area contributed by atoms with Crippen molar-refractivity contribution in [2.45, 2.75) is 123 Å². The summed E-state index contributed by atoms with van der Waals surface area (Å²) in [5.74, 6) is -3.71. The van der Waals surface area contributed by atoms with Gasteiger partial charge in [-0.2, -0.15) is 0 Å². The molecule has 4 unspecified atom stereocenters. The number of hydrogen-bond donors (Lipinski definition) is 3. The second kappa shape index (κ2) is 14.6. The highest BCUT2D eigenvalue weighted by Crippen LogP contribution is 2.31. The van der Waals surface area contributed by atoms with Crippen LogP contribution in [-0.2, 0) is 28.7 Å². The molecule has 39 heavy (non-hydrogen) atoms. The Morgan fingerprint density at radius 3 is 2.21 bits per heavy atom. The number of hydrogen-bond acceptors (Lipinski definition) is 7. The van der Waals surface area contributed by atoms with Crippen LogP contribution < -0.4 is 10.6 Å². The molecule has 11 nitrogen and oxygen atoms in total. The van der Waals surface area contributed by atoms with E-state index in [1.165, 1.54) is 4.90 Å². The van der Waals surface area contributed by atoms with Crippen molar-refractivity contribution in [2.24, 2.45) is 11.8 Å². The molecule has 4 atom stereocenters. The largest absolute Gasteiger partial charge is 0.475 e. The molecule has 0 aromatic carbocycles. The molecule has 2 fully saturated rings. The van der Waals surface area contributed by atoms with Crippen molar-refractivity contribution in [3.8, 4) is 0 Å². The fraction of sp³-hybridized carbons (Fsp3) is 0.821. The van der Waals surface area contributed by atoms with E-state index in [1.54, 1.807) is 6.92 Å². The van der Waals surface area contributed by atoms with Gasteiger partial charge in [-0.3, -0.25) is 14.4 Å². The van der Waals surface area contributed by atoms with Crippen molar-refractivity contribution in [3.05, 3.63) is 0 Å². The van der Waals surface area contributed by atoms with Gasteiger partial charge in [0.15, 0.2) is 0 Å². The predicted octanol–water partition coefficient (Wildman–Crippen LogP) is 3.04. The molecular weight excluding hydrogens is 506 g/mol. The Labute approximate surface area is 231 Å². The van der Waals surface area contributed by atoms with Crippen LogP contribution in [0.2, 0.25) is 0 Å². The first-order valence-corrected chi connectivity index (χ1v) is 14.2. The van der Waals surface area contributed by atoms with E-state index in [0.717, 1.165) is 32.1 Å². The molecule has 1 aliphatic carbocycles. The normalized spacial score (nSPS) is 21.8. The van der Waals surface area contributed by atoms with E-state index in [2.05, 4.69) is 10.6 Å². The number of carbonyl (C=O) groups is 5. The molecule has 1 saturated carbocycles. The number of likely N-dealkylation sites (tertiary alicyclic amines) is 1. The summed E-state index contributed by atoms with van der Waals surface area (Å²) in [6.07, 6.45) is 4.16. The molecule has 0 spiro atoms. The summed E-state index contributed by atoms with van der Waals surface area (Å²) in [5.41, 5.74) is -0.531. The lowest BCUT2D eigenvalue weighted by atomic mass is 9.83. The van der Waals surface area contributed by atoms with Gasteiger partial charge in [0.2, 0.25) is 11.8 Å². The summed E-state index contributed by atoms with van der Waals surface area (Å²) >= 11 is 0. The van der Waals surface area contributed by atoms with Crippen LogP contribution in [0.15, 0.2) is 0 Å². The molecule has 2 aliphatic rings. The molecule has 3 amide bonds. The number of aliphatic carboxylic acids is 1. The Kier molecular flexibility index (Phi) is 12.2. The van der Waals surface area contributed by atoms with E-state index in [1.807, 2.05) is 34.6 Å². The van der Waals surface area contributed by atoms with Crippen molar-refractivity contribution in [1.82, 2.24) is 15.5 Å². The van der Waals surface area contributed by atoms with Gasteiger partial charge in [0.25, 0.3) is 5.78 Å². The van der Waals surface area contributed by atoms with Gasteiger partial charge in [0, 0.05) is 13.0 Å². The second-order valence-electron chi connectivity index (χ2n) is 12.1. The first-order valence-electron chi connectivity index (χ1n) is 14.2. The SMILES string of the molecule is CCCC(NC(=O)C1CC(OC(C)(C)C)CN1C(=O)C(NC(=O)OCC(C)C)C1CCCCC1)C(=O)C(=O)O. The second-order valence-corrected chi connectivity index (χ2v) is 12.1. The number of carbonyl (C=O) groups excluding carboxylic acids is 4. The van der Waals surface area contributed by atoms with Crippen LogP contribution >= 0.6 is 0 Å². The fourth-order valence-electron chi connectivity index (χ4n) is 5.29. The maximum absolute atomic E-state index is 14.1. The first-order chi connectivity index (χ1) is 18.2. The van der Waals surface area contributed by atoms with Gasteiger partial charge in [-0.05, 0) is 51.9 Å². The van der Waals surface area contributed by atoms with E-state index in [4.69, 9.17) is 9.47 Å². The number of Topliss-reactive ketones (excluding diaryl/α,β-unsaturated/α-hetero) is 1. The summed E-state index contributed by atoms with van der Waals surface area (Å²) in [4.78, 5) is 65.1. The summed E-state index contributed by atoms with van der Waals surface area (Å²) in [5, 5.41) is 14.6. The lowest BCUT2D eigenvalue weighted by molar-refractivity contribution is -0.151. The van der Waals surface area contributed by atoms with Crippen molar-refractivity contribution in [3.63, 3.8) is 0 Å². The fourth-order valence-corrected chi connectivity index (χ4v) is 5.29. The van der Waals surface area contributed by atoms with Crippen molar-refractivity contribution in [2.75, 3.05) is 13.2 Å². The standard InChI is InChI=1S/C28H47N3O8/c1-7-11-20(23(32)26(35)36)29-24(33)21-14-19(39-28(4,5)6)15-31(21)25(34)22(18-12-9-8-10-13-18)30-27(37)38-16-17(2)3/h17-22H,7-16H2,1-6H3,(H,29,33)(H,30,37)(H,35,36). The van der Waals surface area contributed by atoms with Crippen LogP contribution in [0.3, 0.4) is 0 Å². The first kappa shape index (κ1) is 32.5. The van der Waals surface area contributed by atoms with Gasteiger partial charge >= 0.3 is 12.1 Å². The number of carboxylic acid groups (broad SMARTS) is 1. The third kappa shape index (κ3) is 10.1. The zero-order chi connectivity index (χ0) is 29.3. The number of ketones is 1. The minimum absolute atomic E-state index is 0.106. The Balaban J connectivity index is 2.33. The van der Waals surface area contributed by atoms with E-state index < -0.39 is 59.5 Å². The Hall–Kier alpha value is -2.69. The number of ether oxygens (including phenoxy) is 2. The molecular formula is C28H47N3O8. The summed E-state index contributed by atoms with van der Waals surface area (Å²) in [6.45, 7) is 11.6. The van der Waals surface area contributed by atoms with Crippen LogP contribution in [0.1, 0.15) is 92.9 Å². The molecule has 3 N–H and O–H groups in total. The lowest BCUT2D eigenvalue weighted by Gasteiger charge is -2.34. The maximum Gasteiger partial charge on any atom is 0.407 e. The predicted molar refractivity (Wildman–Crippen MR) is 144 cm³/mol. The zero-order valence-electron chi connectivity index (χ0n) is 24.3. The van der Waals surface area contributed by atoms with Gasteiger partial charge in [-0.15, -0.1) is 0 Å². The highest BCUT2D eigenvalue weighted by atomic mass is 16.5. The van der Waals surface area contributed by atoms with Crippen molar-refractivity contribution < 1.29 is 38.6 Å². The molecule has 0 aromatic heterocycles. The van der Waals surface area contributed by atoms with Crippen LogP contribution in [0, 0.1) is 11.8 Å². The molecule has 2 rings (SSSR count). The van der Waals surface area contributed by atoms with Gasteiger partial charge in [-0.25, -0.2) is 9.59 Å². The number of carboxylic acids is 1. The average Bonchev–Trinajstić information content (AvgIpc) is 3.27. The van der Waals surface area contributed by atoms with Crippen LogP contribution in [0.5, 0.6) is 0 Å². The van der Waals surface area contributed by atoms with E-state index in [0.29, 0.717) is 6.42 Å². The van der Waals surface area contributed by atoms with Gasteiger partial charge in [-0.1, -0.05) is 46.5 Å². The van der Waals surface area contributed by atoms with Crippen molar-refractivity contribution >= 4 is 29.7 Å². The number of alkyl carbamates (subject to hydrolysis) is 1. The molecule has 0 aromatic rings. The molecule has 1 saturated heterocycles. The average molecular weight is 554 g/mol. The Bertz CT molecular complexity index is 879. The summed E-state index contributed by atoms with van der Waals surface area (Å²) < 4.78 is 11.4. The number of nitrogens with zero attached hydrogens (tertiary/aromatic N) is 1. The topological polar surface area (TPSA) is 151 Å². The zero-order valence-corrected chi connectivity index (χ0v) is 24.3. The molecule has 1 aliphatic heterocycles. The van der Waals surface area contributed by atoms with Gasteiger partial charge < -0.3 is 30.1 Å². The minimum Gasteiger partial charge on any atom is -0.475 e. The monoisotopic (exact) mass is 553 g/mol. The molecule has 0 bridgehead atoms. The Morgan fingerprint density at radius 2 is 1.67 bits per heavy atom. The summed E-state index contributed by atoms with van der Waals surface area (Å²) in [6, 6.07) is -3.05. The molecule has 0 radical (unpaired) electrons. The van der Waals surface area contributed by atoms with Crippen LogP contribution in [0.25, 0.3) is 0 Å². The highest BCUT2D eigenvalue weighted by Gasteiger charge is 2.46. The summed E-state index contributed by atoms with van der Waals surface area (Å²) in [7, 11) is 0. The van der Waals surface area contributed by atoms with Crippen LogP contribution in [0.4, 0.5) is 4.79 Å². The van der Waals surface area contributed by atoms with Gasteiger partial charge in [0.05, 0.1) is 24.4 Å². The number of amides is 3. The third-order valence-electron chi connectivity index (χ3n) is 7.00. The molecule has 11 heteroatoms. The minimum atomic E-state index is -1.62. The molecule has 222 valence electrons. The Morgan fingerprint density at radius 1 is 1.03 bits per heavy atom. The smallest absolute Gasteiger partial charge is 0.407 e. The van der Waals surface area contributed by atoms with E-state index in [-0.39, 0.29) is 37.8 Å². The lowest BCUT2D eigenvalue weighted by Crippen LogP contribution is -2.57. The number of rotatable bonds is 12. The third-order valence-corrected chi connectivity index (χ3v) is 7.00.